The van der Waals surface area contributed by atoms with Gasteiger partial charge in [-0.25, -0.2) is 0 Å². The highest BCUT2D eigenvalue weighted by atomic mass is 35.5. The molecule has 0 N–H and O–H groups in total. The Bertz CT molecular complexity index is 690. The van der Waals surface area contributed by atoms with Crippen LogP contribution in [0.2, 0.25) is 0 Å². The van der Waals surface area contributed by atoms with E-state index < -0.39 is 5.60 Å². The van der Waals surface area contributed by atoms with Crippen LogP contribution in [0.4, 0.5) is 4.79 Å². The molecule has 3 rings (SSSR count). The highest BCUT2D eigenvalue weighted by Gasteiger charge is 2.33. The van der Waals surface area contributed by atoms with Crippen molar-refractivity contribution in [3.63, 3.8) is 0 Å². The minimum Gasteiger partial charge on any atom is -0.406 e. The smallest absolute Gasteiger partial charge is 0.406 e. The van der Waals surface area contributed by atoms with Crippen LogP contribution in [-0.4, -0.2) is 58.0 Å². The van der Waals surface area contributed by atoms with Crippen LogP contribution in [0.25, 0.3) is 0 Å². The van der Waals surface area contributed by atoms with Crippen molar-refractivity contribution in [2.45, 2.75) is 57.4 Å². The quantitative estimate of drug-likeness (QED) is 0.587. The number of hydrogen-bond acceptors (Lipinski definition) is 4. The predicted molar refractivity (Wildman–Crippen MR) is 103 cm³/mol. The normalized spacial score (nSPS) is 20.2. The van der Waals surface area contributed by atoms with Crippen molar-refractivity contribution in [2.75, 3.05) is 26.2 Å². The summed E-state index contributed by atoms with van der Waals surface area (Å²) >= 11 is 6.60. The van der Waals surface area contributed by atoms with Gasteiger partial charge in [0.25, 0.3) is 0 Å². The van der Waals surface area contributed by atoms with Gasteiger partial charge >= 0.3 is 6.09 Å². The molecule has 1 aromatic rings. The fraction of sp³-hybridized carbons (Fsp3) is 0.650. The highest BCUT2D eigenvalue weighted by molar-refractivity contribution is 6.20. The van der Waals surface area contributed by atoms with E-state index >= 15 is 0 Å². The van der Waals surface area contributed by atoms with Crippen molar-refractivity contribution >= 4 is 23.4 Å². The molecule has 1 aromatic heterocycles. The van der Waals surface area contributed by atoms with Gasteiger partial charge < -0.3 is 4.74 Å². The van der Waals surface area contributed by atoms with E-state index in [0.29, 0.717) is 19.0 Å². The Hall–Kier alpha value is -1.46. The number of hydrogen-bond donors (Lipinski definition) is 0. The van der Waals surface area contributed by atoms with Crippen LogP contribution in [0, 0.1) is 0 Å². The van der Waals surface area contributed by atoms with Crippen LogP contribution in [0.3, 0.4) is 0 Å². The average molecular weight is 379 g/mol. The van der Waals surface area contributed by atoms with Gasteiger partial charge in [-0.15, -0.1) is 16.2 Å². The van der Waals surface area contributed by atoms with E-state index in [1.54, 1.807) is 4.58 Å². The minimum absolute atomic E-state index is 0.149. The third-order valence-corrected chi connectivity index (χ3v) is 5.13. The molecule has 0 bridgehead atoms. The van der Waals surface area contributed by atoms with Gasteiger partial charge in [0.1, 0.15) is 5.60 Å². The average Bonchev–Trinajstić information content (AvgIpc) is 3.38. The number of aromatic nitrogens is 1. The van der Waals surface area contributed by atoms with Gasteiger partial charge in [-0.3, -0.25) is 9.88 Å². The maximum atomic E-state index is 12.3. The van der Waals surface area contributed by atoms with Gasteiger partial charge in [0.05, 0.1) is 24.2 Å². The SMILES string of the molecule is CC1=[N+](C(=O)OC(C)(C)C)CCN(CC(Cl)c2ccc(C3CC3)cn2)C1. The summed E-state index contributed by atoms with van der Waals surface area (Å²) in [6.45, 7) is 10.5. The lowest BCUT2D eigenvalue weighted by atomic mass is 10.1. The maximum absolute atomic E-state index is 12.3. The van der Waals surface area contributed by atoms with E-state index in [0.717, 1.165) is 24.5 Å². The Balaban J connectivity index is 1.57. The molecule has 1 unspecified atom stereocenters. The molecule has 1 aliphatic heterocycles. The molecular weight excluding hydrogens is 350 g/mol. The van der Waals surface area contributed by atoms with Crippen LogP contribution in [0.5, 0.6) is 0 Å². The number of ether oxygens (including phenoxy) is 1. The van der Waals surface area contributed by atoms with Gasteiger partial charge in [0.15, 0.2) is 12.3 Å². The van der Waals surface area contributed by atoms with Gasteiger partial charge in [0.2, 0.25) is 0 Å². The second kappa shape index (κ2) is 7.65. The molecule has 0 saturated heterocycles. The van der Waals surface area contributed by atoms with Gasteiger partial charge in [-0.05, 0) is 51.2 Å². The number of alkyl halides is 1. The number of amides is 1. The Morgan fingerprint density at radius 3 is 2.69 bits per heavy atom. The topological polar surface area (TPSA) is 45.4 Å². The lowest BCUT2D eigenvalue weighted by Gasteiger charge is -2.27. The first-order chi connectivity index (χ1) is 12.2. The summed E-state index contributed by atoms with van der Waals surface area (Å²) in [5.41, 5.74) is 2.76. The molecule has 6 heteroatoms. The first-order valence-corrected chi connectivity index (χ1v) is 9.82. The summed E-state index contributed by atoms with van der Waals surface area (Å²) in [6.07, 6.45) is 4.26. The molecule has 1 saturated carbocycles. The molecular formula is C20H29ClN3O2+. The lowest BCUT2D eigenvalue weighted by molar-refractivity contribution is -0.458. The summed E-state index contributed by atoms with van der Waals surface area (Å²) < 4.78 is 7.21. The number of carbonyl (C=O) groups excluding carboxylic acids is 1. The summed E-state index contributed by atoms with van der Waals surface area (Å²) in [5, 5.41) is -0.149. The van der Waals surface area contributed by atoms with E-state index in [2.05, 4.69) is 22.0 Å². The zero-order valence-electron chi connectivity index (χ0n) is 16.2. The zero-order chi connectivity index (χ0) is 18.9. The Kier molecular flexibility index (Phi) is 5.68. The second-order valence-electron chi connectivity index (χ2n) is 8.36. The van der Waals surface area contributed by atoms with Crippen molar-refractivity contribution in [1.82, 2.24) is 9.88 Å². The van der Waals surface area contributed by atoms with E-state index in [4.69, 9.17) is 16.3 Å². The molecule has 1 amide bonds. The number of nitrogens with zero attached hydrogens (tertiary/aromatic N) is 3. The molecule has 0 spiro atoms. The molecule has 26 heavy (non-hydrogen) atoms. The third-order valence-electron chi connectivity index (χ3n) is 4.76. The summed E-state index contributed by atoms with van der Waals surface area (Å²) in [4.78, 5) is 19.1. The Labute approximate surface area is 161 Å². The molecule has 5 nitrogen and oxygen atoms in total. The van der Waals surface area contributed by atoms with Gasteiger partial charge in [0, 0.05) is 19.7 Å². The van der Waals surface area contributed by atoms with E-state index in [1.165, 1.54) is 18.4 Å². The largest absolute Gasteiger partial charge is 0.596 e. The number of halogens is 1. The van der Waals surface area contributed by atoms with E-state index in [-0.39, 0.29) is 11.5 Å². The first kappa shape index (κ1) is 19.3. The van der Waals surface area contributed by atoms with Crippen LogP contribution in [0.15, 0.2) is 18.3 Å². The van der Waals surface area contributed by atoms with Gasteiger partial charge in [-0.1, -0.05) is 6.07 Å². The molecule has 1 fully saturated rings. The van der Waals surface area contributed by atoms with E-state index in [1.807, 2.05) is 33.9 Å². The fourth-order valence-corrected chi connectivity index (χ4v) is 3.54. The zero-order valence-corrected chi connectivity index (χ0v) is 16.9. The fourth-order valence-electron chi connectivity index (χ4n) is 3.22. The standard InChI is InChI=1S/C20H29ClN3O2/c1-14-12-23(9-10-24(14)19(25)26-20(2,3)4)13-17(21)18-8-7-16(11-22-18)15-5-6-15/h7-8,11,15,17H,5-6,9-10,12-13H2,1-4H3/q+1. The van der Waals surface area contributed by atoms with Crippen molar-refractivity contribution in [1.29, 1.82) is 0 Å². The summed E-state index contributed by atoms with van der Waals surface area (Å²) in [6, 6.07) is 4.21. The van der Waals surface area contributed by atoms with Crippen molar-refractivity contribution in [3.8, 4) is 0 Å². The number of rotatable bonds is 4. The van der Waals surface area contributed by atoms with Gasteiger partial charge in [-0.2, -0.15) is 4.79 Å². The molecule has 1 atom stereocenters. The second-order valence-corrected chi connectivity index (χ2v) is 8.89. The predicted octanol–water partition coefficient (Wildman–Crippen LogP) is 3.96. The Morgan fingerprint density at radius 1 is 1.42 bits per heavy atom. The van der Waals surface area contributed by atoms with Crippen LogP contribution >= 0.6 is 11.6 Å². The van der Waals surface area contributed by atoms with Crippen molar-refractivity contribution < 1.29 is 14.1 Å². The summed E-state index contributed by atoms with van der Waals surface area (Å²) in [7, 11) is 0. The highest BCUT2D eigenvalue weighted by Crippen LogP contribution is 2.39. The molecule has 2 aliphatic rings. The number of carbonyl (C=O) groups is 1. The van der Waals surface area contributed by atoms with Crippen LogP contribution < -0.4 is 0 Å². The van der Waals surface area contributed by atoms with Crippen LogP contribution in [-0.2, 0) is 4.74 Å². The van der Waals surface area contributed by atoms with Crippen LogP contribution in [0.1, 0.15) is 63.1 Å². The molecule has 2 heterocycles. The molecule has 1 aliphatic carbocycles. The molecule has 0 radical (unpaired) electrons. The van der Waals surface area contributed by atoms with Crippen molar-refractivity contribution in [3.05, 3.63) is 29.6 Å². The lowest BCUT2D eigenvalue weighted by Crippen LogP contribution is -2.47. The Morgan fingerprint density at radius 2 is 2.15 bits per heavy atom. The third kappa shape index (κ3) is 5.04. The molecule has 0 aromatic carbocycles. The summed E-state index contributed by atoms with van der Waals surface area (Å²) in [5.74, 6) is 0.712. The number of pyridine rings is 1. The maximum Gasteiger partial charge on any atom is 0.596 e. The van der Waals surface area contributed by atoms with Crippen molar-refractivity contribution in [2.24, 2.45) is 0 Å². The van der Waals surface area contributed by atoms with E-state index in [9.17, 15) is 4.79 Å². The monoisotopic (exact) mass is 378 g/mol. The first-order valence-electron chi connectivity index (χ1n) is 9.38. The molecule has 142 valence electrons. The minimum atomic E-state index is -0.478.